The van der Waals surface area contributed by atoms with E-state index in [-0.39, 0.29) is 5.91 Å². The summed E-state index contributed by atoms with van der Waals surface area (Å²) < 4.78 is 0. The van der Waals surface area contributed by atoms with Gasteiger partial charge in [-0.1, -0.05) is 30.3 Å². The number of carbonyl (C=O) groups is 1. The number of hydrogen-bond acceptors (Lipinski definition) is 1. The molecule has 2 heteroatoms. The lowest BCUT2D eigenvalue weighted by atomic mass is 9.90. The molecule has 2 rings (SSSR count). The molecule has 1 aliphatic rings. The second kappa shape index (κ2) is 3.60. The smallest absolute Gasteiger partial charge is 0.220 e. The van der Waals surface area contributed by atoms with Crippen molar-refractivity contribution in [2.45, 2.75) is 18.8 Å². The van der Waals surface area contributed by atoms with Crippen molar-refractivity contribution in [2.24, 2.45) is 0 Å². The number of carbonyl (C=O) groups excluding carboxylic acids is 1. The van der Waals surface area contributed by atoms with E-state index in [2.05, 4.69) is 17.4 Å². The van der Waals surface area contributed by atoms with Crippen LogP contribution in [0.15, 0.2) is 30.3 Å². The van der Waals surface area contributed by atoms with E-state index in [4.69, 9.17) is 0 Å². The topological polar surface area (TPSA) is 29.1 Å². The van der Waals surface area contributed by atoms with Crippen LogP contribution in [0.3, 0.4) is 0 Å². The molecule has 0 aliphatic carbocycles. The molecular weight excluding hydrogens is 162 g/mol. The van der Waals surface area contributed by atoms with E-state index in [1.54, 1.807) is 0 Å². The second-order valence-electron chi connectivity index (χ2n) is 3.45. The first-order valence-electron chi connectivity index (χ1n) is 4.68. The highest BCUT2D eigenvalue weighted by molar-refractivity contribution is 5.77. The summed E-state index contributed by atoms with van der Waals surface area (Å²) in [5.74, 6) is 0.607. The molecule has 0 spiro atoms. The largest absolute Gasteiger partial charge is 0.356 e. The molecule has 1 aliphatic heterocycles. The molecule has 1 heterocycles. The van der Waals surface area contributed by atoms with Crippen molar-refractivity contribution in [3.63, 3.8) is 0 Å². The highest BCUT2D eigenvalue weighted by Gasteiger charge is 2.19. The van der Waals surface area contributed by atoms with Crippen molar-refractivity contribution in [1.82, 2.24) is 5.32 Å². The lowest BCUT2D eigenvalue weighted by Gasteiger charge is -2.22. The zero-order valence-electron chi connectivity index (χ0n) is 7.49. The first-order chi connectivity index (χ1) is 6.36. The Kier molecular flexibility index (Phi) is 2.30. The molecule has 1 N–H and O–H groups in total. The summed E-state index contributed by atoms with van der Waals surface area (Å²) in [6.07, 6.45) is 1.71. The normalized spacial score (nSPS) is 22.5. The molecule has 0 saturated carbocycles. The molecule has 0 aromatic heterocycles. The van der Waals surface area contributed by atoms with E-state index < -0.39 is 0 Å². The molecular formula is C11H13NO. The van der Waals surface area contributed by atoms with Crippen LogP contribution in [0.2, 0.25) is 0 Å². The maximum Gasteiger partial charge on any atom is 0.220 e. The van der Waals surface area contributed by atoms with E-state index in [1.165, 1.54) is 5.56 Å². The number of rotatable bonds is 1. The highest BCUT2D eigenvalue weighted by Crippen LogP contribution is 2.24. The van der Waals surface area contributed by atoms with Crippen LogP contribution in [-0.2, 0) is 4.79 Å². The molecule has 13 heavy (non-hydrogen) atoms. The Labute approximate surface area is 78.0 Å². The number of hydrogen-bond donors (Lipinski definition) is 1. The third-order valence-electron chi connectivity index (χ3n) is 2.52. The molecule has 0 bridgehead atoms. The quantitative estimate of drug-likeness (QED) is 0.691. The third-order valence-corrected chi connectivity index (χ3v) is 2.52. The lowest BCUT2D eigenvalue weighted by molar-refractivity contribution is -0.122. The highest BCUT2D eigenvalue weighted by atomic mass is 16.1. The molecule has 0 unspecified atom stereocenters. The van der Waals surface area contributed by atoms with Crippen LogP contribution in [0, 0.1) is 0 Å². The monoisotopic (exact) mass is 175 g/mol. The average molecular weight is 175 g/mol. The predicted molar refractivity (Wildman–Crippen MR) is 51.4 cm³/mol. The summed E-state index contributed by atoms with van der Waals surface area (Å²) in [7, 11) is 0. The van der Waals surface area contributed by atoms with Gasteiger partial charge in [-0.15, -0.1) is 0 Å². The summed E-state index contributed by atoms with van der Waals surface area (Å²) in [4.78, 5) is 11.1. The van der Waals surface area contributed by atoms with Crippen LogP contribution in [0.5, 0.6) is 0 Å². The van der Waals surface area contributed by atoms with Crippen LogP contribution in [-0.4, -0.2) is 12.5 Å². The molecule has 1 aromatic carbocycles. The van der Waals surface area contributed by atoms with Crippen molar-refractivity contribution in [3.8, 4) is 0 Å². The van der Waals surface area contributed by atoms with Gasteiger partial charge in [0.1, 0.15) is 0 Å². The Hall–Kier alpha value is -1.31. The minimum Gasteiger partial charge on any atom is -0.356 e. The number of nitrogens with one attached hydrogen (secondary N) is 1. The first-order valence-corrected chi connectivity index (χ1v) is 4.68. The Morgan fingerprint density at radius 2 is 2.00 bits per heavy atom. The second-order valence-corrected chi connectivity index (χ2v) is 3.45. The standard InChI is InChI=1S/C11H13NO/c13-11-8-10(6-7-12-11)9-4-2-1-3-5-9/h1-5,10H,6-8H2,(H,12,13)/t10-/m0/s1. The average Bonchev–Trinajstić information content (AvgIpc) is 2.19. The van der Waals surface area contributed by atoms with Gasteiger partial charge in [-0.2, -0.15) is 0 Å². The first kappa shape index (κ1) is 8.30. The number of piperidine rings is 1. The Balaban J connectivity index is 2.13. The van der Waals surface area contributed by atoms with Gasteiger partial charge in [-0.05, 0) is 17.9 Å². The summed E-state index contributed by atoms with van der Waals surface area (Å²) in [5, 5.41) is 2.84. The van der Waals surface area contributed by atoms with Gasteiger partial charge in [0.25, 0.3) is 0 Å². The summed E-state index contributed by atoms with van der Waals surface area (Å²) in [6.45, 7) is 0.818. The van der Waals surface area contributed by atoms with E-state index in [0.717, 1.165) is 13.0 Å². The van der Waals surface area contributed by atoms with E-state index in [0.29, 0.717) is 12.3 Å². The van der Waals surface area contributed by atoms with Gasteiger partial charge in [-0.3, -0.25) is 4.79 Å². The van der Waals surface area contributed by atoms with Crippen molar-refractivity contribution < 1.29 is 4.79 Å². The fraction of sp³-hybridized carbons (Fsp3) is 0.364. The van der Waals surface area contributed by atoms with Crippen LogP contribution in [0.25, 0.3) is 0 Å². The third kappa shape index (κ3) is 1.89. The van der Waals surface area contributed by atoms with Crippen LogP contribution in [0.1, 0.15) is 24.3 Å². The molecule has 1 amide bonds. The summed E-state index contributed by atoms with van der Waals surface area (Å²) in [5.41, 5.74) is 1.29. The zero-order valence-corrected chi connectivity index (χ0v) is 7.49. The lowest BCUT2D eigenvalue weighted by Crippen LogP contribution is -2.32. The zero-order chi connectivity index (χ0) is 9.10. The van der Waals surface area contributed by atoms with Gasteiger partial charge >= 0.3 is 0 Å². The maximum atomic E-state index is 11.1. The van der Waals surface area contributed by atoms with E-state index in [1.807, 2.05) is 18.2 Å². The van der Waals surface area contributed by atoms with Gasteiger partial charge in [0.05, 0.1) is 0 Å². The van der Waals surface area contributed by atoms with Gasteiger partial charge in [0, 0.05) is 13.0 Å². The molecule has 2 nitrogen and oxygen atoms in total. The molecule has 1 atom stereocenters. The molecule has 1 fully saturated rings. The Morgan fingerprint density at radius 3 is 2.69 bits per heavy atom. The van der Waals surface area contributed by atoms with Crippen LogP contribution >= 0.6 is 0 Å². The summed E-state index contributed by atoms with van der Waals surface area (Å²) >= 11 is 0. The fourth-order valence-corrected chi connectivity index (χ4v) is 1.79. The predicted octanol–water partition coefficient (Wildman–Crippen LogP) is 1.68. The minimum absolute atomic E-state index is 0.181. The van der Waals surface area contributed by atoms with Gasteiger partial charge in [-0.25, -0.2) is 0 Å². The van der Waals surface area contributed by atoms with E-state index in [9.17, 15) is 4.79 Å². The fourth-order valence-electron chi connectivity index (χ4n) is 1.79. The van der Waals surface area contributed by atoms with Crippen molar-refractivity contribution in [2.75, 3.05) is 6.54 Å². The number of benzene rings is 1. The molecule has 1 saturated heterocycles. The Morgan fingerprint density at radius 1 is 1.23 bits per heavy atom. The molecule has 0 radical (unpaired) electrons. The Bertz CT molecular complexity index is 294. The van der Waals surface area contributed by atoms with Gasteiger partial charge in [0.2, 0.25) is 5.91 Å². The molecule has 68 valence electrons. The van der Waals surface area contributed by atoms with Crippen molar-refractivity contribution in [3.05, 3.63) is 35.9 Å². The van der Waals surface area contributed by atoms with Gasteiger partial charge < -0.3 is 5.32 Å². The SMILES string of the molecule is O=C1C[C@@H](c2ccccc2)CCN1. The van der Waals surface area contributed by atoms with Crippen molar-refractivity contribution in [1.29, 1.82) is 0 Å². The number of amides is 1. The van der Waals surface area contributed by atoms with Crippen molar-refractivity contribution >= 4 is 5.91 Å². The maximum absolute atomic E-state index is 11.1. The van der Waals surface area contributed by atoms with Crippen LogP contribution < -0.4 is 5.32 Å². The van der Waals surface area contributed by atoms with Crippen LogP contribution in [0.4, 0.5) is 0 Å². The summed E-state index contributed by atoms with van der Waals surface area (Å²) in [6, 6.07) is 10.3. The van der Waals surface area contributed by atoms with Gasteiger partial charge in [0.15, 0.2) is 0 Å². The molecule has 1 aromatic rings. The van der Waals surface area contributed by atoms with E-state index >= 15 is 0 Å². The minimum atomic E-state index is 0.181.